The second kappa shape index (κ2) is 6.17. The van der Waals surface area contributed by atoms with Crippen LogP contribution in [-0.4, -0.2) is 6.54 Å². The van der Waals surface area contributed by atoms with Crippen LogP contribution in [0.4, 0.5) is 4.39 Å². The lowest BCUT2D eigenvalue weighted by Crippen LogP contribution is -2.26. The maximum atomic E-state index is 13.2. The van der Waals surface area contributed by atoms with Crippen molar-refractivity contribution in [2.45, 2.75) is 25.8 Å². The minimum absolute atomic E-state index is 0.276. The van der Waals surface area contributed by atoms with Crippen LogP contribution < -0.4 is 5.32 Å². The highest BCUT2D eigenvalue weighted by molar-refractivity contribution is 6.31. The van der Waals surface area contributed by atoms with Crippen molar-refractivity contribution in [3.8, 4) is 0 Å². The summed E-state index contributed by atoms with van der Waals surface area (Å²) in [4.78, 5) is 0. The number of nitrogens with one attached hydrogen (secondary N) is 1. The molecule has 0 fully saturated rings. The highest BCUT2D eigenvalue weighted by Crippen LogP contribution is 2.38. The topological polar surface area (TPSA) is 12.0 Å². The number of hydrogen-bond donors (Lipinski definition) is 1. The van der Waals surface area contributed by atoms with E-state index in [0.717, 1.165) is 24.9 Å². The van der Waals surface area contributed by atoms with Gasteiger partial charge in [0.1, 0.15) is 5.82 Å². The summed E-state index contributed by atoms with van der Waals surface area (Å²) < 4.78 is 13.2. The lowest BCUT2D eigenvalue weighted by Gasteiger charge is -2.22. The summed E-state index contributed by atoms with van der Waals surface area (Å²) in [6.07, 6.45) is 1.91. The van der Waals surface area contributed by atoms with Gasteiger partial charge in [0.05, 0.1) is 0 Å². The van der Waals surface area contributed by atoms with Crippen LogP contribution >= 0.6 is 11.6 Å². The molecule has 2 atom stereocenters. The van der Waals surface area contributed by atoms with Crippen molar-refractivity contribution in [1.29, 1.82) is 0 Å². The van der Waals surface area contributed by atoms with E-state index in [1.54, 1.807) is 0 Å². The maximum Gasteiger partial charge on any atom is 0.124 e. The maximum absolute atomic E-state index is 13.2. The summed E-state index contributed by atoms with van der Waals surface area (Å²) in [6.45, 7) is 3.06. The highest BCUT2D eigenvalue weighted by Gasteiger charge is 2.31. The van der Waals surface area contributed by atoms with Gasteiger partial charge in [0.2, 0.25) is 0 Å². The van der Waals surface area contributed by atoms with Crippen molar-refractivity contribution in [2.75, 3.05) is 6.54 Å². The van der Waals surface area contributed by atoms with Gasteiger partial charge >= 0.3 is 0 Å². The Morgan fingerprint density at radius 1 is 1.24 bits per heavy atom. The van der Waals surface area contributed by atoms with Gasteiger partial charge in [-0.1, -0.05) is 48.9 Å². The monoisotopic (exact) mass is 303 g/mol. The molecule has 0 bridgehead atoms. The first-order chi connectivity index (χ1) is 10.2. The molecule has 0 amide bonds. The fourth-order valence-electron chi connectivity index (χ4n) is 3.33. The summed E-state index contributed by atoms with van der Waals surface area (Å²) in [5, 5.41) is 4.11. The van der Waals surface area contributed by atoms with Crippen molar-refractivity contribution in [1.82, 2.24) is 5.32 Å². The Labute approximate surface area is 130 Å². The summed E-state index contributed by atoms with van der Waals surface area (Å²) in [6, 6.07) is 13.6. The first-order valence-electron chi connectivity index (χ1n) is 7.44. The van der Waals surface area contributed by atoms with E-state index in [9.17, 15) is 4.39 Å². The Kier molecular flexibility index (Phi) is 4.27. The predicted molar refractivity (Wildman–Crippen MR) is 85.2 cm³/mol. The standard InChI is InChI=1S/C18H19ClFN/c1-2-21-18-14(9-12-5-3-4-6-16(12)18)10-13-7-8-15(20)11-17(13)19/h3-8,11,14,18,21H,2,9-10H2,1H3. The van der Waals surface area contributed by atoms with Crippen LogP contribution in [0.1, 0.15) is 29.7 Å². The molecule has 1 N–H and O–H groups in total. The van der Waals surface area contributed by atoms with Crippen LogP contribution in [0.2, 0.25) is 5.02 Å². The molecule has 0 saturated heterocycles. The number of halogens is 2. The summed E-state index contributed by atoms with van der Waals surface area (Å²) in [5.74, 6) is 0.187. The highest BCUT2D eigenvalue weighted by atomic mass is 35.5. The van der Waals surface area contributed by atoms with Crippen LogP contribution in [-0.2, 0) is 12.8 Å². The zero-order valence-electron chi connectivity index (χ0n) is 12.1. The van der Waals surface area contributed by atoms with Crippen molar-refractivity contribution in [3.63, 3.8) is 0 Å². The first kappa shape index (κ1) is 14.6. The Balaban J connectivity index is 1.85. The second-order valence-electron chi connectivity index (χ2n) is 5.64. The molecule has 21 heavy (non-hydrogen) atoms. The van der Waals surface area contributed by atoms with E-state index < -0.39 is 0 Å². The Morgan fingerprint density at radius 2 is 2.05 bits per heavy atom. The molecule has 0 radical (unpaired) electrons. The molecule has 2 aromatic rings. The SMILES string of the molecule is CCNC1c2ccccc2CC1Cc1ccc(F)cc1Cl. The van der Waals surface area contributed by atoms with Crippen molar-refractivity contribution < 1.29 is 4.39 Å². The van der Waals surface area contributed by atoms with Gasteiger partial charge in [-0.05, 0) is 54.1 Å². The third-order valence-electron chi connectivity index (χ3n) is 4.26. The van der Waals surface area contributed by atoms with Crippen LogP contribution in [0, 0.1) is 11.7 Å². The van der Waals surface area contributed by atoms with Gasteiger partial charge in [-0.25, -0.2) is 4.39 Å². The molecule has 1 aliphatic carbocycles. The van der Waals surface area contributed by atoms with Crippen LogP contribution in [0.25, 0.3) is 0 Å². The van der Waals surface area contributed by atoms with E-state index in [4.69, 9.17) is 11.6 Å². The molecule has 2 unspecified atom stereocenters. The Morgan fingerprint density at radius 3 is 2.81 bits per heavy atom. The van der Waals surface area contributed by atoms with Gasteiger partial charge in [-0.2, -0.15) is 0 Å². The summed E-state index contributed by atoms with van der Waals surface area (Å²) in [5.41, 5.74) is 3.83. The molecule has 3 heteroatoms. The third kappa shape index (κ3) is 2.97. The molecule has 0 saturated carbocycles. The smallest absolute Gasteiger partial charge is 0.124 e. The van der Waals surface area contributed by atoms with E-state index in [1.807, 2.05) is 6.07 Å². The first-order valence-corrected chi connectivity index (χ1v) is 7.82. The number of rotatable bonds is 4. The lowest BCUT2D eigenvalue weighted by molar-refractivity contribution is 0.394. The second-order valence-corrected chi connectivity index (χ2v) is 6.05. The van der Waals surface area contributed by atoms with Crippen molar-refractivity contribution >= 4 is 11.6 Å². The van der Waals surface area contributed by atoms with E-state index in [1.165, 1.54) is 23.3 Å². The zero-order chi connectivity index (χ0) is 14.8. The number of benzene rings is 2. The van der Waals surface area contributed by atoms with Gasteiger partial charge in [0.15, 0.2) is 0 Å². The molecule has 0 aromatic heterocycles. The molecule has 3 rings (SSSR count). The van der Waals surface area contributed by atoms with Gasteiger partial charge in [-0.15, -0.1) is 0 Å². The molecule has 2 aromatic carbocycles. The van der Waals surface area contributed by atoms with Gasteiger partial charge in [0.25, 0.3) is 0 Å². The summed E-state index contributed by atoms with van der Waals surface area (Å²) >= 11 is 6.18. The van der Waals surface area contributed by atoms with Crippen LogP contribution in [0.3, 0.4) is 0 Å². The quantitative estimate of drug-likeness (QED) is 0.874. The molecule has 1 aliphatic rings. The molecule has 110 valence electrons. The molecular formula is C18H19ClFN. The molecule has 1 nitrogen and oxygen atoms in total. The van der Waals surface area contributed by atoms with Gasteiger partial charge < -0.3 is 5.32 Å². The third-order valence-corrected chi connectivity index (χ3v) is 4.62. The Hall–Kier alpha value is -1.38. The average molecular weight is 304 g/mol. The lowest BCUT2D eigenvalue weighted by atomic mass is 9.92. The van der Waals surface area contributed by atoms with E-state index >= 15 is 0 Å². The predicted octanol–water partition coefficient (Wildman–Crippen LogP) is 4.54. The fraction of sp³-hybridized carbons (Fsp3) is 0.333. The molecule has 0 heterocycles. The number of fused-ring (bicyclic) bond motifs is 1. The van der Waals surface area contributed by atoms with Crippen molar-refractivity contribution in [2.24, 2.45) is 5.92 Å². The van der Waals surface area contributed by atoms with E-state index in [0.29, 0.717) is 17.0 Å². The number of hydrogen-bond acceptors (Lipinski definition) is 1. The molecular weight excluding hydrogens is 285 g/mol. The molecule has 0 aliphatic heterocycles. The zero-order valence-corrected chi connectivity index (χ0v) is 12.8. The van der Waals surface area contributed by atoms with Crippen LogP contribution in [0.15, 0.2) is 42.5 Å². The summed E-state index contributed by atoms with van der Waals surface area (Å²) in [7, 11) is 0. The van der Waals surface area contributed by atoms with Gasteiger partial charge in [0, 0.05) is 11.1 Å². The fourth-order valence-corrected chi connectivity index (χ4v) is 3.58. The minimum atomic E-state index is -0.276. The van der Waals surface area contributed by atoms with Crippen LogP contribution in [0.5, 0.6) is 0 Å². The van der Waals surface area contributed by atoms with Crippen molar-refractivity contribution in [3.05, 3.63) is 70.0 Å². The largest absolute Gasteiger partial charge is 0.310 e. The minimum Gasteiger partial charge on any atom is -0.310 e. The normalized spacial score (nSPS) is 20.5. The van der Waals surface area contributed by atoms with E-state index in [2.05, 4.69) is 36.5 Å². The Bertz CT molecular complexity index is 641. The average Bonchev–Trinajstić information content (AvgIpc) is 2.81. The van der Waals surface area contributed by atoms with Gasteiger partial charge in [-0.3, -0.25) is 0 Å². The molecule has 0 spiro atoms. The van der Waals surface area contributed by atoms with E-state index in [-0.39, 0.29) is 5.82 Å².